The van der Waals surface area contributed by atoms with E-state index in [-0.39, 0.29) is 5.54 Å². The molecule has 2 heterocycles. The normalized spacial score (nSPS) is 15.4. The fraction of sp³-hybridized carbons (Fsp3) is 0.529. The van der Waals surface area contributed by atoms with Crippen LogP contribution in [0.15, 0.2) is 18.2 Å². The van der Waals surface area contributed by atoms with Gasteiger partial charge in [-0.1, -0.05) is 0 Å². The fourth-order valence-electron chi connectivity index (χ4n) is 2.81. The van der Waals surface area contributed by atoms with E-state index in [1.807, 2.05) is 25.1 Å². The Morgan fingerprint density at radius 1 is 1.26 bits per heavy atom. The van der Waals surface area contributed by atoms with Crippen LogP contribution in [0, 0.1) is 0 Å². The molecule has 0 aromatic carbocycles. The van der Waals surface area contributed by atoms with Gasteiger partial charge in [0.25, 0.3) is 0 Å². The number of anilines is 1. The third-order valence-corrected chi connectivity index (χ3v) is 4.22. The van der Waals surface area contributed by atoms with E-state index < -0.39 is 0 Å². The number of fused-ring (bicyclic) bond motifs is 1. The van der Waals surface area contributed by atoms with Crippen molar-refractivity contribution in [3.8, 4) is 11.8 Å². The highest BCUT2D eigenvalue weighted by Crippen LogP contribution is 2.44. The van der Waals surface area contributed by atoms with Gasteiger partial charge in [0.1, 0.15) is 5.52 Å². The first kappa shape index (κ1) is 15.8. The molecule has 0 aliphatic heterocycles. The first-order valence-corrected chi connectivity index (χ1v) is 8.16. The number of ether oxygens (including phenoxy) is 2. The van der Waals surface area contributed by atoms with Crippen LogP contribution in [0.4, 0.5) is 5.69 Å². The van der Waals surface area contributed by atoms with E-state index in [2.05, 4.69) is 15.3 Å². The monoisotopic (exact) mass is 316 g/mol. The molecule has 0 amide bonds. The Balaban J connectivity index is 1.98. The number of aromatic nitrogens is 2. The Kier molecular flexibility index (Phi) is 4.52. The molecule has 0 unspecified atom stereocenters. The molecule has 2 aromatic heterocycles. The summed E-state index contributed by atoms with van der Waals surface area (Å²) in [5.41, 5.74) is 8.37. The molecule has 6 nitrogen and oxygen atoms in total. The molecule has 0 spiro atoms. The lowest BCUT2D eigenvalue weighted by atomic mass is 10.1. The number of methoxy groups -OCH3 is 1. The largest absolute Gasteiger partial charge is 0.481 e. The molecule has 3 N–H and O–H groups in total. The minimum absolute atomic E-state index is 0.141. The molecule has 0 saturated heterocycles. The van der Waals surface area contributed by atoms with Gasteiger partial charge < -0.3 is 20.5 Å². The molecular formula is C17H24N4O2. The zero-order valence-electron chi connectivity index (χ0n) is 13.8. The van der Waals surface area contributed by atoms with Crippen molar-refractivity contribution in [2.24, 2.45) is 5.73 Å². The number of nitrogens with two attached hydrogens (primary N) is 1. The number of hydrogen-bond donors (Lipinski definition) is 2. The van der Waals surface area contributed by atoms with Crippen LogP contribution in [0.1, 0.15) is 32.6 Å². The van der Waals surface area contributed by atoms with Gasteiger partial charge in [-0.05, 0) is 45.2 Å². The summed E-state index contributed by atoms with van der Waals surface area (Å²) in [6.07, 6.45) is 4.40. The molecule has 0 bridgehead atoms. The average molecular weight is 316 g/mol. The van der Waals surface area contributed by atoms with E-state index in [0.29, 0.717) is 18.4 Å². The molecule has 1 fully saturated rings. The highest BCUT2D eigenvalue weighted by atomic mass is 16.5. The molecule has 0 radical (unpaired) electrons. The summed E-state index contributed by atoms with van der Waals surface area (Å²) in [6, 6.07) is 5.66. The third kappa shape index (κ3) is 3.47. The van der Waals surface area contributed by atoms with Gasteiger partial charge in [-0.25, -0.2) is 9.97 Å². The molecule has 124 valence electrons. The second kappa shape index (κ2) is 6.58. The highest BCUT2D eigenvalue weighted by molar-refractivity contribution is 5.89. The van der Waals surface area contributed by atoms with Crippen molar-refractivity contribution in [2.45, 2.75) is 38.1 Å². The summed E-state index contributed by atoms with van der Waals surface area (Å²) in [4.78, 5) is 9.07. The molecular weight excluding hydrogens is 292 g/mol. The van der Waals surface area contributed by atoms with Crippen LogP contribution in [0.5, 0.6) is 11.8 Å². The second-order valence-corrected chi connectivity index (χ2v) is 5.96. The Labute approximate surface area is 136 Å². The maximum absolute atomic E-state index is 5.66. The van der Waals surface area contributed by atoms with Crippen LogP contribution >= 0.6 is 0 Å². The quantitative estimate of drug-likeness (QED) is 0.779. The smallest absolute Gasteiger partial charge is 0.215 e. The van der Waals surface area contributed by atoms with E-state index >= 15 is 0 Å². The van der Waals surface area contributed by atoms with Crippen LogP contribution in [-0.4, -0.2) is 35.8 Å². The molecule has 3 rings (SSSR count). The summed E-state index contributed by atoms with van der Waals surface area (Å²) in [5.74, 6) is 1.20. The lowest BCUT2D eigenvalue weighted by Gasteiger charge is -2.20. The predicted molar refractivity (Wildman–Crippen MR) is 91.1 cm³/mol. The molecule has 1 aliphatic carbocycles. The van der Waals surface area contributed by atoms with Crippen molar-refractivity contribution in [3.63, 3.8) is 0 Å². The van der Waals surface area contributed by atoms with Crippen molar-refractivity contribution in [3.05, 3.63) is 18.2 Å². The van der Waals surface area contributed by atoms with Gasteiger partial charge in [-0.15, -0.1) is 0 Å². The lowest BCUT2D eigenvalue weighted by molar-refractivity contribution is 0.328. The van der Waals surface area contributed by atoms with Crippen molar-refractivity contribution < 1.29 is 9.47 Å². The van der Waals surface area contributed by atoms with Crippen molar-refractivity contribution in [2.75, 3.05) is 25.6 Å². The van der Waals surface area contributed by atoms with Gasteiger partial charge in [-0.2, -0.15) is 0 Å². The predicted octanol–water partition coefficient (Wildman–Crippen LogP) is 2.72. The molecule has 0 atom stereocenters. The van der Waals surface area contributed by atoms with E-state index in [0.717, 1.165) is 48.9 Å². The topological polar surface area (TPSA) is 82.3 Å². The Hall–Kier alpha value is -2.08. The van der Waals surface area contributed by atoms with Crippen LogP contribution in [0.3, 0.4) is 0 Å². The van der Waals surface area contributed by atoms with Crippen molar-refractivity contribution in [1.29, 1.82) is 0 Å². The van der Waals surface area contributed by atoms with Crippen LogP contribution in [-0.2, 0) is 0 Å². The van der Waals surface area contributed by atoms with E-state index in [1.54, 1.807) is 7.11 Å². The minimum Gasteiger partial charge on any atom is -0.481 e. The minimum atomic E-state index is 0.141. The maximum atomic E-state index is 5.66. The van der Waals surface area contributed by atoms with Gasteiger partial charge in [0.2, 0.25) is 11.8 Å². The Morgan fingerprint density at radius 3 is 2.74 bits per heavy atom. The number of rotatable bonds is 8. The van der Waals surface area contributed by atoms with Gasteiger partial charge in [-0.3, -0.25) is 0 Å². The van der Waals surface area contributed by atoms with E-state index in [1.165, 1.54) is 0 Å². The van der Waals surface area contributed by atoms with Crippen molar-refractivity contribution in [1.82, 2.24) is 9.97 Å². The van der Waals surface area contributed by atoms with Crippen molar-refractivity contribution >= 4 is 16.7 Å². The summed E-state index contributed by atoms with van der Waals surface area (Å²) in [5, 5.41) is 3.66. The third-order valence-electron chi connectivity index (χ3n) is 4.22. The zero-order valence-corrected chi connectivity index (χ0v) is 13.8. The molecule has 1 saturated carbocycles. The summed E-state index contributed by atoms with van der Waals surface area (Å²) in [6.45, 7) is 3.26. The van der Waals surface area contributed by atoms with Gasteiger partial charge in [0.05, 0.1) is 24.9 Å². The first-order valence-electron chi connectivity index (χ1n) is 8.16. The molecule has 2 aromatic rings. The van der Waals surface area contributed by atoms with Gasteiger partial charge in [0, 0.05) is 17.7 Å². The van der Waals surface area contributed by atoms with E-state index in [4.69, 9.17) is 15.2 Å². The Bertz CT molecular complexity index is 686. The van der Waals surface area contributed by atoms with Crippen LogP contribution in [0.2, 0.25) is 0 Å². The number of nitrogens with zero attached hydrogens (tertiary/aromatic N) is 2. The molecule has 6 heteroatoms. The maximum Gasteiger partial charge on any atom is 0.215 e. The fourth-order valence-corrected chi connectivity index (χ4v) is 2.81. The Morgan fingerprint density at radius 2 is 2.09 bits per heavy atom. The van der Waals surface area contributed by atoms with Gasteiger partial charge in [0.15, 0.2) is 0 Å². The van der Waals surface area contributed by atoms with Gasteiger partial charge >= 0.3 is 0 Å². The van der Waals surface area contributed by atoms with Crippen LogP contribution in [0.25, 0.3) is 11.0 Å². The second-order valence-electron chi connectivity index (χ2n) is 5.96. The number of pyridine rings is 2. The summed E-state index contributed by atoms with van der Waals surface area (Å²) in [7, 11) is 1.62. The zero-order chi connectivity index (χ0) is 16.3. The van der Waals surface area contributed by atoms with Crippen LogP contribution < -0.4 is 20.5 Å². The molecule has 1 aliphatic rings. The van der Waals surface area contributed by atoms with E-state index in [9.17, 15) is 0 Å². The number of nitrogens with one attached hydrogen (secondary N) is 1. The summed E-state index contributed by atoms with van der Waals surface area (Å²) >= 11 is 0. The average Bonchev–Trinajstić information content (AvgIpc) is 3.33. The number of hydrogen-bond acceptors (Lipinski definition) is 6. The summed E-state index contributed by atoms with van der Waals surface area (Å²) < 4.78 is 10.8. The molecule has 23 heavy (non-hydrogen) atoms. The highest BCUT2D eigenvalue weighted by Gasteiger charge is 2.42. The SMILES string of the molecule is CCOc1cc(NC2(CCCN)CC2)c2nc(OC)ccc2n1. The standard InChI is InChI=1S/C17H24N4O2/c1-3-23-15-11-13(21-17(8-9-17)7-4-10-18)16-12(19-15)5-6-14(20-16)22-2/h5-6,11H,3-4,7-10,18H2,1-2H3,(H,19,21). The first-order chi connectivity index (χ1) is 11.2. The lowest BCUT2D eigenvalue weighted by Crippen LogP contribution is -2.22.